The minimum absolute atomic E-state index is 0.00491. The molecule has 0 bridgehead atoms. The van der Waals surface area contributed by atoms with E-state index in [-0.39, 0.29) is 17.9 Å². The predicted molar refractivity (Wildman–Crippen MR) is 68.1 cm³/mol. The summed E-state index contributed by atoms with van der Waals surface area (Å²) in [6.07, 6.45) is -3.02. The molecule has 3 nitrogen and oxygen atoms in total. The quantitative estimate of drug-likeness (QED) is 0.879. The first-order valence-electron chi connectivity index (χ1n) is 5.77. The van der Waals surface area contributed by atoms with Crippen molar-refractivity contribution in [3.63, 3.8) is 0 Å². The zero-order valence-corrected chi connectivity index (χ0v) is 10.3. The number of nitrogens with two attached hydrogens (primary N) is 1. The number of rotatable bonds is 3. The molecule has 0 radical (unpaired) electrons. The maximum Gasteiger partial charge on any atom is 0.416 e. The molecular weight excluding hydrogens is 269 g/mol. The van der Waals surface area contributed by atoms with Crippen LogP contribution in [0.1, 0.15) is 21.6 Å². The van der Waals surface area contributed by atoms with E-state index < -0.39 is 11.7 Å². The molecule has 0 aliphatic heterocycles. The molecule has 20 heavy (non-hydrogen) atoms. The average molecular weight is 280 g/mol. The van der Waals surface area contributed by atoms with Crippen LogP contribution in [0.5, 0.6) is 0 Å². The van der Waals surface area contributed by atoms with Crippen molar-refractivity contribution in [2.45, 2.75) is 12.6 Å². The van der Waals surface area contributed by atoms with Crippen LogP contribution in [0.15, 0.2) is 42.6 Å². The zero-order valence-electron chi connectivity index (χ0n) is 10.3. The van der Waals surface area contributed by atoms with Crippen LogP contribution in [0, 0.1) is 0 Å². The maximum atomic E-state index is 12.4. The van der Waals surface area contributed by atoms with Crippen molar-refractivity contribution in [2.75, 3.05) is 5.73 Å². The Balaban J connectivity index is 2.10. The van der Waals surface area contributed by atoms with Crippen molar-refractivity contribution in [3.8, 4) is 0 Å². The fourth-order valence-corrected chi connectivity index (χ4v) is 1.66. The minimum Gasteiger partial charge on any atom is -0.397 e. The summed E-state index contributed by atoms with van der Waals surface area (Å²) in [5.41, 5.74) is 5.90. The first kappa shape index (κ1) is 14.0. The normalized spacial score (nSPS) is 11.3. The lowest BCUT2D eigenvalue weighted by Gasteiger charge is -2.07. The Hall–Kier alpha value is -2.37. The second-order valence-corrected chi connectivity index (χ2v) is 4.27. The molecule has 0 fully saturated rings. The molecule has 0 aliphatic carbocycles. The van der Waals surface area contributed by atoms with Crippen molar-refractivity contribution in [2.24, 2.45) is 0 Å². The van der Waals surface area contributed by atoms with Gasteiger partial charge in [0.25, 0.3) is 0 Å². The number of carbonyl (C=O) groups is 1. The number of hydrogen-bond donors (Lipinski definition) is 1. The molecule has 104 valence electrons. The van der Waals surface area contributed by atoms with Crippen LogP contribution in [0.3, 0.4) is 0 Å². The lowest BCUT2D eigenvalue weighted by Crippen LogP contribution is -2.08. The summed E-state index contributed by atoms with van der Waals surface area (Å²) in [5.74, 6) is -0.273. The zero-order chi connectivity index (χ0) is 14.8. The molecule has 1 heterocycles. The van der Waals surface area contributed by atoms with Gasteiger partial charge in [0, 0.05) is 6.42 Å². The van der Waals surface area contributed by atoms with E-state index in [2.05, 4.69) is 4.98 Å². The summed E-state index contributed by atoms with van der Waals surface area (Å²) in [4.78, 5) is 15.8. The molecule has 2 aromatic rings. The summed E-state index contributed by atoms with van der Waals surface area (Å²) < 4.78 is 37.2. The Labute approximate surface area is 113 Å². The third-order valence-electron chi connectivity index (χ3n) is 2.72. The van der Waals surface area contributed by atoms with E-state index in [9.17, 15) is 18.0 Å². The van der Waals surface area contributed by atoms with Crippen LogP contribution in [-0.4, -0.2) is 10.8 Å². The molecular formula is C14H11F3N2O. The SMILES string of the molecule is Nc1ccc(C(=O)Cc2ccc(C(F)(F)F)cc2)nc1. The van der Waals surface area contributed by atoms with Crippen LogP contribution in [0.25, 0.3) is 0 Å². The summed E-state index contributed by atoms with van der Waals surface area (Å²) >= 11 is 0. The lowest BCUT2D eigenvalue weighted by molar-refractivity contribution is -0.137. The number of carbonyl (C=O) groups excluding carboxylic acids is 1. The third-order valence-corrected chi connectivity index (χ3v) is 2.72. The van der Waals surface area contributed by atoms with Crippen molar-refractivity contribution in [1.82, 2.24) is 4.98 Å². The molecule has 2 N–H and O–H groups in total. The molecule has 0 unspecified atom stereocenters. The van der Waals surface area contributed by atoms with Gasteiger partial charge >= 0.3 is 6.18 Å². The van der Waals surface area contributed by atoms with E-state index in [1.165, 1.54) is 24.4 Å². The molecule has 0 saturated carbocycles. The van der Waals surface area contributed by atoms with E-state index in [1.807, 2.05) is 0 Å². The van der Waals surface area contributed by atoms with E-state index >= 15 is 0 Å². The highest BCUT2D eigenvalue weighted by atomic mass is 19.4. The molecule has 6 heteroatoms. The number of ketones is 1. The molecule has 0 amide bonds. The molecule has 1 aromatic heterocycles. The predicted octanol–water partition coefficient (Wildman–Crippen LogP) is 3.11. The molecule has 2 rings (SSSR count). The van der Waals surface area contributed by atoms with Gasteiger partial charge in [-0.1, -0.05) is 12.1 Å². The number of nitrogen functional groups attached to an aromatic ring is 1. The van der Waals surface area contributed by atoms with Gasteiger partial charge in [0.1, 0.15) is 5.69 Å². The summed E-state index contributed by atoms with van der Waals surface area (Å²) in [6, 6.07) is 7.53. The van der Waals surface area contributed by atoms with Gasteiger partial charge < -0.3 is 5.73 Å². The highest BCUT2D eigenvalue weighted by molar-refractivity contribution is 5.95. The van der Waals surface area contributed by atoms with Crippen molar-refractivity contribution in [3.05, 3.63) is 59.4 Å². The number of nitrogens with zero attached hydrogens (tertiary/aromatic N) is 1. The molecule has 0 saturated heterocycles. The number of aromatic nitrogens is 1. The van der Waals surface area contributed by atoms with Crippen LogP contribution in [0.4, 0.5) is 18.9 Å². The van der Waals surface area contributed by atoms with Crippen LogP contribution < -0.4 is 5.73 Å². The van der Waals surface area contributed by atoms with Gasteiger partial charge in [0.05, 0.1) is 17.4 Å². The van der Waals surface area contributed by atoms with Crippen LogP contribution in [0.2, 0.25) is 0 Å². The van der Waals surface area contributed by atoms with Crippen molar-refractivity contribution in [1.29, 1.82) is 0 Å². The molecule has 0 spiro atoms. The van der Waals surface area contributed by atoms with E-state index in [0.717, 1.165) is 12.1 Å². The lowest BCUT2D eigenvalue weighted by atomic mass is 10.0. The maximum absolute atomic E-state index is 12.4. The topological polar surface area (TPSA) is 56.0 Å². The van der Waals surface area contributed by atoms with E-state index in [0.29, 0.717) is 11.3 Å². The second kappa shape index (κ2) is 5.32. The number of alkyl halides is 3. The fourth-order valence-electron chi connectivity index (χ4n) is 1.66. The van der Waals surface area contributed by atoms with Crippen molar-refractivity contribution >= 4 is 11.5 Å². The van der Waals surface area contributed by atoms with Gasteiger partial charge in [-0.15, -0.1) is 0 Å². The van der Waals surface area contributed by atoms with Gasteiger partial charge in [-0.25, -0.2) is 0 Å². The van der Waals surface area contributed by atoms with Crippen LogP contribution in [-0.2, 0) is 12.6 Å². The smallest absolute Gasteiger partial charge is 0.397 e. The molecule has 0 aliphatic rings. The van der Waals surface area contributed by atoms with Gasteiger partial charge in [-0.05, 0) is 29.8 Å². The van der Waals surface area contributed by atoms with E-state index in [1.54, 1.807) is 6.07 Å². The first-order valence-corrected chi connectivity index (χ1v) is 5.77. The Morgan fingerprint density at radius 3 is 2.25 bits per heavy atom. The third kappa shape index (κ3) is 3.34. The number of Topliss-reactive ketones (excluding diaryl/α,β-unsaturated/α-hetero) is 1. The first-order chi connectivity index (χ1) is 9.36. The Bertz CT molecular complexity index is 604. The number of pyridine rings is 1. The standard InChI is InChI=1S/C14H11F3N2O/c15-14(16,17)10-3-1-9(2-4-10)7-13(20)12-6-5-11(18)8-19-12/h1-6,8H,7,18H2. The Morgan fingerprint density at radius 2 is 1.75 bits per heavy atom. The minimum atomic E-state index is -4.37. The molecule has 1 aromatic carbocycles. The van der Waals surface area contributed by atoms with Gasteiger partial charge in [-0.3, -0.25) is 9.78 Å². The summed E-state index contributed by atoms with van der Waals surface area (Å²) in [6.45, 7) is 0. The largest absolute Gasteiger partial charge is 0.416 e. The van der Waals surface area contributed by atoms with Gasteiger partial charge in [0.2, 0.25) is 0 Å². The summed E-state index contributed by atoms with van der Waals surface area (Å²) in [7, 11) is 0. The number of hydrogen-bond acceptors (Lipinski definition) is 3. The number of anilines is 1. The number of benzene rings is 1. The van der Waals surface area contributed by atoms with Gasteiger partial charge in [0.15, 0.2) is 5.78 Å². The fraction of sp³-hybridized carbons (Fsp3) is 0.143. The van der Waals surface area contributed by atoms with Gasteiger partial charge in [-0.2, -0.15) is 13.2 Å². The average Bonchev–Trinajstić information content (AvgIpc) is 2.39. The number of halogens is 3. The van der Waals surface area contributed by atoms with E-state index in [4.69, 9.17) is 5.73 Å². The Kier molecular flexibility index (Phi) is 3.74. The highest BCUT2D eigenvalue weighted by Gasteiger charge is 2.29. The second-order valence-electron chi connectivity index (χ2n) is 4.27. The Morgan fingerprint density at radius 1 is 1.10 bits per heavy atom. The van der Waals surface area contributed by atoms with Crippen molar-refractivity contribution < 1.29 is 18.0 Å². The molecule has 0 atom stereocenters. The van der Waals surface area contributed by atoms with Crippen LogP contribution >= 0.6 is 0 Å². The monoisotopic (exact) mass is 280 g/mol. The summed E-state index contributed by atoms with van der Waals surface area (Å²) in [5, 5.41) is 0. The highest BCUT2D eigenvalue weighted by Crippen LogP contribution is 2.29.